The van der Waals surface area contributed by atoms with Crippen LogP contribution in [0.4, 0.5) is 0 Å². The molecule has 0 aliphatic heterocycles. The molecular formula is C26H32ClNO6S2. The first-order chi connectivity index (χ1) is 16.8. The fourth-order valence-electron chi connectivity index (χ4n) is 3.65. The smallest absolute Gasteiger partial charge is 0.347 e. The van der Waals surface area contributed by atoms with E-state index in [4.69, 9.17) is 21.1 Å². The minimum Gasteiger partial charge on any atom is -0.489 e. The van der Waals surface area contributed by atoms with Crippen molar-refractivity contribution >= 4 is 48.8 Å². The zero-order valence-corrected chi connectivity index (χ0v) is 23.4. The number of ether oxygens (including phenoxy) is 2. The topological polar surface area (TPSA) is 102 Å². The molecular weight excluding hydrogens is 522 g/mol. The first-order valence-electron chi connectivity index (χ1n) is 11.6. The van der Waals surface area contributed by atoms with E-state index in [1.807, 2.05) is 32.9 Å². The lowest BCUT2D eigenvalue weighted by atomic mass is 10.1. The molecule has 0 aliphatic carbocycles. The Kier molecular flexibility index (Phi) is 8.93. The monoisotopic (exact) mass is 553 g/mol. The molecule has 1 atom stereocenters. The van der Waals surface area contributed by atoms with Gasteiger partial charge in [0.05, 0.1) is 5.75 Å². The third-order valence-electron chi connectivity index (χ3n) is 5.70. The average Bonchev–Trinajstić information content (AvgIpc) is 3.12. The summed E-state index contributed by atoms with van der Waals surface area (Å²) in [6.07, 6.45) is 0.325. The molecule has 0 spiro atoms. The molecule has 0 aliphatic rings. The second-order valence-corrected chi connectivity index (χ2v) is 13.1. The summed E-state index contributed by atoms with van der Waals surface area (Å²) in [5.41, 5.74) is 0.193. The zero-order valence-electron chi connectivity index (χ0n) is 21.1. The van der Waals surface area contributed by atoms with Crippen LogP contribution in [0.1, 0.15) is 38.3 Å². The van der Waals surface area contributed by atoms with E-state index in [-0.39, 0.29) is 11.9 Å². The fraction of sp³-hybridized carbons (Fsp3) is 0.423. The number of halogens is 1. The Labute approximate surface area is 221 Å². The predicted molar refractivity (Wildman–Crippen MR) is 145 cm³/mol. The third-order valence-corrected chi connectivity index (χ3v) is 9.71. The van der Waals surface area contributed by atoms with Crippen LogP contribution in [0.2, 0.25) is 5.02 Å². The second-order valence-electron chi connectivity index (χ2n) is 9.30. The normalized spacial score (nSPS) is 13.1. The maximum Gasteiger partial charge on any atom is 0.347 e. The summed E-state index contributed by atoms with van der Waals surface area (Å²) < 4.78 is 38.7. The molecule has 196 valence electrons. The Hall–Kier alpha value is -2.33. The highest BCUT2D eigenvalue weighted by molar-refractivity contribution is 7.93. The van der Waals surface area contributed by atoms with Gasteiger partial charge >= 0.3 is 5.97 Å². The van der Waals surface area contributed by atoms with Crippen molar-refractivity contribution in [2.45, 2.75) is 57.0 Å². The summed E-state index contributed by atoms with van der Waals surface area (Å²) in [6.45, 7) is 9.66. The Morgan fingerprint density at radius 1 is 1.19 bits per heavy atom. The summed E-state index contributed by atoms with van der Waals surface area (Å²) in [5, 5.41) is 14.0. The first-order valence-corrected chi connectivity index (χ1v) is 14.5. The molecule has 0 saturated carbocycles. The number of thiophene rings is 1. The first kappa shape index (κ1) is 28.2. The second kappa shape index (κ2) is 11.4. The molecule has 0 bridgehead atoms. The molecule has 0 radical (unpaired) electrons. The molecule has 3 aromatic rings. The number of hydrogen-bond donors (Lipinski definition) is 2. The lowest BCUT2D eigenvalue weighted by Crippen LogP contribution is -2.38. The van der Waals surface area contributed by atoms with E-state index < -0.39 is 21.4 Å². The Bertz CT molecular complexity index is 1350. The number of rotatable bonds is 12. The number of aryl methyl sites for hydroxylation is 2. The Morgan fingerprint density at radius 3 is 2.58 bits per heavy atom. The van der Waals surface area contributed by atoms with Gasteiger partial charge in [-0.25, -0.2) is 13.2 Å². The summed E-state index contributed by atoms with van der Waals surface area (Å²) in [4.78, 5) is 11.3. The van der Waals surface area contributed by atoms with Crippen molar-refractivity contribution in [2.75, 3.05) is 18.8 Å². The van der Waals surface area contributed by atoms with Crippen LogP contribution in [-0.2, 0) is 14.6 Å². The van der Waals surface area contributed by atoms with Crippen LogP contribution in [-0.4, -0.2) is 50.0 Å². The van der Waals surface area contributed by atoms with E-state index in [9.17, 15) is 18.3 Å². The van der Waals surface area contributed by atoms with Gasteiger partial charge in [-0.3, -0.25) is 0 Å². The number of carboxylic acid groups (broad SMARTS) is 1. The summed E-state index contributed by atoms with van der Waals surface area (Å²) in [7, 11) is -3.39. The molecule has 7 nitrogen and oxygen atoms in total. The molecule has 3 rings (SSSR count). The van der Waals surface area contributed by atoms with Gasteiger partial charge in [-0.05, 0) is 100 Å². The molecule has 0 saturated heterocycles. The van der Waals surface area contributed by atoms with Gasteiger partial charge in [0.2, 0.25) is 0 Å². The van der Waals surface area contributed by atoms with Crippen LogP contribution in [0.5, 0.6) is 11.5 Å². The number of carbonyl (C=O) groups is 1. The average molecular weight is 554 g/mol. The van der Waals surface area contributed by atoms with Crippen LogP contribution in [0.25, 0.3) is 10.1 Å². The number of nitrogens with one attached hydrogen (secondary N) is 1. The number of carboxylic acids is 1. The molecule has 2 aromatic carbocycles. The molecule has 0 fully saturated rings. The van der Waals surface area contributed by atoms with Crippen molar-refractivity contribution in [3.05, 3.63) is 52.5 Å². The van der Waals surface area contributed by atoms with Crippen molar-refractivity contribution in [3.63, 3.8) is 0 Å². The predicted octanol–water partition coefficient (Wildman–Crippen LogP) is 5.63. The van der Waals surface area contributed by atoms with Crippen molar-refractivity contribution in [3.8, 4) is 11.5 Å². The van der Waals surface area contributed by atoms with E-state index >= 15 is 0 Å². The minimum absolute atomic E-state index is 0.0595. The van der Waals surface area contributed by atoms with Crippen molar-refractivity contribution in [2.24, 2.45) is 0 Å². The van der Waals surface area contributed by atoms with E-state index in [0.717, 1.165) is 21.2 Å². The number of aliphatic carboxylic acids is 1. The van der Waals surface area contributed by atoms with Gasteiger partial charge in [0.1, 0.15) is 21.8 Å². The maximum absolute atomic E-state index is 12.9. The van der Waals surface area contributed by atoms with Gasteiger partial charge in [0.15, 0.2) is 15.4 Å². The van der Waals surface area contributed by atoms with Gasteiger partial charge in [-0.2, -0.15) is 0 Å². The number of benzene rings is 2. The van der Waals surface area contributed by atoms with E-state index in [1.165, 1.54) is 25.2 Å². The number of hydrogen-bond acceptors (Lipinski definition) is 7. The minimum atomic E-state index is -3.39. The van der Waals surface area contributed by atoms with E-state index in [0.29, 0.717) is 40.2 Å². The number of sulfone groups is 1. The van der Waals surface area contributed by atoms with Crippen LogP contribution in [0.3, 0.4) is 0 Å². The van der Waals surface area contributed by atoms with Gasteiger partial charge in [-0.1, -0.05) is 11.6 Å². The van der Waals surface area contributed by atoms with Crippen LogP contribution in [0.15, 0.2) is 40.6 Å². The van der Waals surface area contributed by atoms with E-state index in [1.54, 1.807) is 24.3 Å². The highest BCUT2D eigenvalue weighted by Crippen LogP contribution is 2.36. The standard InChI is InChI=1S/C26H32ClNO6S2/c1-16-13-20(8-9-22(16)34-26(4,5)25(29)30)33-17(2)15-28-11-6-12-36(31,32)24-18(3)21-14-19(27)7-10-23(21)35-24/h7-10,13-14,17,28H,6,11-12,15H2,1-5H3,(H,29,30). The molecule has 1 aromatic heterocycles. The van der Waals surface area contributed by atoms with Gasteiger partial charge in [0, 0.05) is 16.3 Å². The van der Waals surface area contributed by atoms with Crippen molar-refractivity contribution < 1.29 is 27.8 Å². The largest absolute Gasteiger partial charge is 0.489 e. The summed E-state index contributed by atoms with van der Waals surface area (Å²) >= 11 is 7.36. The molecule has 36 heavy (non-hydrogen) atoms. The molecule has 2 N–H and O–H groups in total. The van der Waals surface area contributed by atoms with Crippen molar-refractivity contribution in [1.82, 2.24) is 5.32 Å². The summed E-state index contributed by atoms with van der Waals surface area (Å²) in [6, 6.07) is 10.7. The maximum atomic E-state index is 12.9. The molecule has 1 unspecified atom stereocenters. The highest BCUT2D eigenvalue weighted by Gasteiger charge is 2.30. The highest BCUT2D eigenvalue weighted by atomic mass is 35.5. The zero-order chi connectivity index (χ0) is 26.7. The van der Waals surface area contributed by atoms with Gasteiger partial charge < -0.3 is 19.9 Å². The van der Waals surface area contributed by atoms with Gasteiger partial charge in [-0.15, -0.1) is 11.3 Å². The van der Waals surface area contributed by atoms with Crippen LogP contribution >= 0.6 is 22.9 Å². The van der Waals surface area contributed by atoms with E-state index in [2.05, 4.69) is 5.32 Å². The van der Waals surface area contributed by atoms with Crippen LogP contribution in [0, 0.1) is 13.8 Å². The molecule has 0 amide bonds. The number of fused-ring (bicyclic) bond motifs is 1. The van der Waals surface area contributed by atoms with Crippen molar-refractivity contribution in [1.29, 1.82) is 0 Å². The van der Waals surface area contributed by atoms with Crippen LogP contribution < -0.4 is 14.8 Å². The molecule has 1 heterocycles. The fourth-order valence-corrected chi connectivity index (χ4v) is 7.06. The SMILES string of the molecule is Cc1cc(OC(C)CNCCCS(=O)(=O)c2sc3ccc(Cl)cc3c2C)ccc1OC(C)(C)C(=O)O. The third kappa shape index (κ3) is 6.91. The Morgan fingerprint density at radius 2 is 1.92 bits per heavy atom. The summed E-state index contributed by atoms with van der Waals surface area (Å²) in [5.74, 6) is 0.145. The van der Waals surface area contributed by atoms with Gasteiger partial charge in [0.25, 0.3) is 0 Å². The Balaban J connectivity index is 1.47. The quantitative estimate of drug-likeness (QED) is 0.280. The lowest BCUT2D eigenvalue weighted by molar-refractivity contribution is -0.152. The lowest BCUT2D eigenvalue weighted by Gasteiger charge is -2.23. The molecule has 10 heteroatoms.